The molecular weight excluding hydrogens is 305 g/mol. The number of rotatable bonds is 4. The summed E-state index contributed by atoms with van der Waals surface area (Å²) < 4.78 is 39.8. The highest BCUT2D eigenvalue weighted by Crippen LogP contribution is 2.32. The molecule has 114 valence electrons. The van der Waals surface area contributed by atoms with Crippen LogP contribution in [0, 0.1) is 0 Å². The molecule has 0 radical (unpaired) electrons. The van der Waals surface area contributed by atoms with E-state index in [2.05, 4.69) is 15.4 Å². The van der Waals surface area contributed by atoms with Gasteiger partial charge in [-0.15, -0.1) is 0 Å². The fourth-order valence-electron chi connectivity index (χ4n) is 1.97. The predicted molar refractivity (Wildman–Crippen MR) is 74.2 cm³/mol. The van der Waals surface area contributed by atoms with Crippen LogP contribution in [0.1, 0.15) is 23.7 Å². The third-order valence-electron chi connectivity index (χ3n) is 2.91. The summed E-state index contributed by atoms with van der Waals surface area (Å²) in [6, 6.07) is 1.74. The second-order valence-corrected chi connectivity index (χ2v) is 4.93. The molecule has 21 heavy (non-hydrogen) atoms. The normalized spacial score (nSPS) is 11.7. The molecule has 8 heteroatoms. The monoisotopic (exact) mass is 318 g/mol. The van der Waals surface area contributed by atoms with Gasteiger partial charge in [-0.3, -0.25) is 4.68 Å². The van der Waals surface area contributed by atoms with Gasteiger partial charge in [0.1, 0.15) is 11.0 Å². The van der Waals surface area contributed by atoms with Crippen LogP contribution in [-0.2, 0) is 26.2 Å². The summed E-state index contributed by atoms with van der Waals surface area (Å²) in [7, 11) is 1.79. The van der Waals surface area contributed by atoms with Crippen molar-refractivity contribution in [2.45, 2.75) is 26.1 Å². The van der Waals surface area contributed by atoms with Gasteiger partial charge in [-0.25, -0.2) is 4.98 Å². The van der Waals surface area contributed by atoms with E-state index in [4.69, 9.17) is 11.6 Å². The Bertz CT molecular complexity index is 637. The molecular formula is C13H14ClF3N4. The molecule has 0 atom stereocenters. The van der Waals surface area contributed by atoms with Crippen LogP contribution in [-0.4, -0.2) is 14.8 Å². The Morgan fingerprint density at radius 1 is 1.33 bits per heavy atom. The summed E-state index contributed by atoms with van der Waals surface area (Å²) in [6.45, 7) is 2.30. The standard InChI is InChI=1S/C13H14ClF3N4/c1-3-10-8(7-21(2)20-10)6-18-12-5-9(13(15,16)17)4-11(14)19-12/h4-5,7H,3,6H2,1-2H3,(H,18,19). The van der Waals surface area contributed by atoms with Crippen LogP contribution in [0.2, 0.25) is 5.15 Å². The summed E-state index contributed by atoms with van der Waals surface area (Å²) in [6.07, 6.45) is -1.89. The first-order valence-electron chi connectivity index (χ1n) is 6.29. The quantitative estimate of drug-likeness (QED) is 0.875. The zero-order valence-electron chi connectivity index (χ0n) is 11.5. The van der Waals surface area contributed by atoms with Gasteiger partial charge in [0.15, 0.2) is 0 Å². The number of alkyl halides is 3. The van der Waals surface area contributed by atoms with Gasteiger partial charge >= 0.3 is 6.18 Å². The van der Waals surface area contributed by atoms with Crippen molar-refractivity contribution in [1.29, 1.82) is 0 Å². The molecule has 0 amide bonds. The predicted octanol–water partition coefficient (Wildman–Crippen LogP) is 3.66. The first-order valence-corrected chi connectivity index (χ1v) is 6.67. The van der Waals surface area contributed by atoms with E-state index in [9.17, 15) is 13.2 Å². The molecule has 4 nitrogen and oxygen atoms in total. The van der Waals surface area contributed by atoms with Crippen LogP contribution in [0.4, 0.5) is 19.0 Å². The van der Waals surface area contributed by atoms with Gasteiger partial charge in [0, 0.05) is 25.4 Å². The molecule has 0 unspecified atom stereocenters. The number of pyridine rings is 1. The lowest BCUT2D eigenvalue weighted by molar-refractivity contribution is -0.137. The number of aryl methyl sites for hydroxylation is 2. The van der Waals surface area contributed by atoms with Crippen LogP contribution >= 0.6 is 11.6 Å². The average Bonchev–Trinajstić information content (AvgIpc) is 2.75. The summed E-state index contributed by atoms with van der Waals surface area (Å²) in [5, 5.41) is 6.92. The van der Waals surface area contributed by atoms with Crippen molar-refractivity contribution in [1.82, 2.24) is 14.8 Å². The topological polar surface area (TPSA) is 42.7 Å². The van der Waals surface area contributed by atoms with Crippen molar-refractivity contribution in [3.05, 3.63) is 40.3 Å². The Kier molecular flexibility index (Phi) is 4.41. The van der Waals surface area contributed by atoms with Crippen molar-refractivity contribution in [2.75, 3.05) is 5.32 Å². The molecule has 0 spiro atoms. The fourth-order valence-corrected chi connectivity index (χ4v) is 2.17. The number of halogens is 4. The lowest BCUT2D eigenvalue weighted by atomic mass is 10.2. The van der Waals surface area contributed by atoms with Gasteiger partial charge in [0.2, 0.25) is 0 Å². The highest BCUT2D eigenvalue weighted by Gasteiger charge is 2.31. The summed E-state index contributed by atoms with van der Waals surface area (Å²) >= 11 is 5.63. The SMILES string of the molecule is CCc1nn(C)cc1CNc1cc(C(F)(F)F)cc(Cl)n1. The van der Waals surface area contributed by atoms with Crippen LogP contribution in [0.5, 0.6) is 0 Å². The molecule has 2 aromatic heterocycles. The van der Waals surface area contributed by atoms with Gasteiger partial charge in [0.25, 0.3) is 0 Å². The van der Waals surface area contributed by atoms with E-state index in [0.29, 0.717) is 6.54 Å². The van der Waals surface area contributed by atoms with Gasteiger partial charge in [-0.05, 0) is 18.6 Å². The van der Waals surface area contributed by atoms with E-state index in [1.54, 1.807) is 11.7 Å². The lowest BCUT2D eigenvalue weighted by Gasteiger charge is -2.10. The minimum atomic E-state index is -4.45. The summed E-state index contributed by atoms with van der Waals surface area (Å²) in [5.41, 5.74) is 0.977. The molecule has 0 saturated carbocycles. The maximum Gasteiger partial charge on any atom is 0.416 e. The molecule has 2 rings (SSSR count). The number of aromatic nitrogens is 3. The molecule has 2 heterocycles. The number of nitrogens with one attached hydrogen (secondary N) is 1. The van der Waals surface area contributed by atoms with Gasteiger partial charge in [-0.1, -0.05) is 18.5 Å². The number of hydrogen-bond donors (Lipinski definition) is 1. The Hall–Kier alpha value is -1.76. The van der Waals surface area contributed by atoms with Crippen LogP contribution in [0.3, 0.4) is 0 Å². The molecule has 0 aliphatic carbocycles. The minimum Gasteiger partial charge on any atom is -0.366 e. The maximum atomic E-state index is 12.7. The number of nitrogens with zero attached hydrogens (tertiary/aromatic N) is 3. The van der Waals surface area contributed by atoms with Crippen molar-refractivity contribution in [3.63, 3.8) is 0 Å². The number of anilines is 1. The molecule has 1 N–H and O–H groups in total. The van der Waals surface area contributed by atoms with Crippen molar-refractivity contribution in [3.8, 4) is 0 Å². The molecule has 0 aromatic carbocycles. The second kappa shape index (κ2) is 5.93. The minimum absolute atomic E-state index is 0.0840. The Balaban J connectivity index is 2.18. The zero-order chi connectivity index (χ0) is 15.6. The van der Waals surface area contributed by atoms with Crippen molar-refractivity contribution < 1.29 is 13.2 Å². The van der Waals surface area contributed by atoms with Crippen molar-refractivity contribution in [2.24, 2.45) is 7.05 Å². The van der Waals surface area contributed by atoms with Crippen LogP contribution in [0.25, 0.3) is 0 Å². The van der Waals surface area contributed by atoms with Gasteiger partial charge in [0.05, 0.1) is 11.3 Å². The summed E-state index contributed by atoms with van der Waals surface area (Å²) in [4.78, 5) is 3.85. The Morgan fingerprint density at radius 3 is 2.67 bits per heavy atom. The molecule has 0 bridgehead atoms. The first kappa shape index (κ1) is 15.6. The van der Waals surface area contributed by atoms with E-state index < -0.39 is 11.7 Å². The Morgan fingerprint density at radius 2 is 2.05 bits per heavy atom. The van der Waals surface area contributed by atoms with Gasteiger partial charge < -0.3 is 5.32 Å². The zero-order valence-corrected chi connectivity index (χ0v) is 12.3. The maximum absolute atomic E-state index is 12.7. The second-order valence-electron chi connectivity index (χ2n) is 4.54. The van der Waals surface area contributed by atoms with E-state index >= 15 is 0 Å². The highest BCUT2D eigenvalue weighted by molar-refractivity contribution is 6.29. The van der Waals surface area contributed by atoms with E-state index in [-0.39, 0.29) is 11.0 Å². The lowest BCUT2D eigenvalue weighted by Crippen LogP contribution is -2.08. The molecule has 0 fully saturated rings. The van der Waals surface area contributed by atoms with Crippen LogP contribution < -0.4 is 5.32 Å². The fraction of sp³-hybridized carbons (Fsp3) is 0.385. The molecule has 2 aromatic rings. The van der Waals surface area contributed by atoms with E-state index in [1.165, 1.54) is 0 Å². The molecule has 0 aliphatic heterocycles. The van der Waals surface area contributed by atoms with E-state index in [1.807, 2.05) is 13.1 Å². The number of hydrogen-bond acceptors (Lipinski definition) is 3. The average molecular weight is 319 g/mol. The molecule has 0 aliphatic rings. The van der Waals surface area contributed by atoms with E-state index in [0.717, 1.165) is 29.8 Å². The highest BCUT2D eigenvalue weighted by atomic mass is 35.5. The summed E-state index contributed by atoms with van der Waals surface area (Å²) in [5.74, 6) is 0.0840. The molecule has 0 saturated heterocycles. The third-order valence-corrected chi connectivity index (χ3v) is 3.10. The smallest absolute Gasteiger partial charge is 0.366 e. The Labute approximate surface area is 124 Å². The van der Waals surface area contributed by atoms with Crippen molar-refractivity contribution >= 4 is 17.4 Å². The van der Waals surface area contributed by atoms with Crippen LogP contribution in [0.15, 0.2) is 18.3 Å². The van der Waals surface area contributed by atoms with Gasteiger partial charge in [-0.2, -0.15) is 18.3 Å². The third kappa shape index (κ3) is 3.87. The first-order chi connectivity index (χ1) is 9.79. The largest absolute Gasteiger partial charge is 0.416 e.